The lowest BCUT2D eigenvalue weighted by molar-refractivity contribution is -0.135. The van der Waals surface area contributed by atoms with Gasteiger partial charge in [-0.05, 0) is 37.6 Å². The van der Waals surface area contributed by atoms with Crippen LogP contribution in [0.4, 0.5) is 17.6 Å². The normalized spacial score (nSPS) is 11.8. The third kappa shape index (κ3) is 6.21. The van der Waals surface area contributed by atoms with E-state index in [9.17, 15) is 17.6 Å². The van der Waals surface area contributed by atoms with E-state index in [-0.39, 0.29) is 18.8 Å². The zero-order valence-corrected chi connectivity index (χ0v) is 10.4. The number of nitrogens with one attached hydrogen (secondary N) is 1. The highest BCUT2D eigenvalue weighted by Crippen LogP contribution is 2.21. The average Bonchev–Trinajstić information content (AvgIpc) is 2.26. The minimum Gasteiger partial charge on any atom is -0.313 e. The first-order valence-electron chi connectivity index (χ1n) is 5.60. The molecule has 0 aliphatic heterocycles. The van der Waals surface area contributed by atoms with Crippen molar-refractivity contribution in [3.05, 3.63) is 34.6 Å². The first-order chi connectivity index (χ1) is 8.38. The standard InChI is InChI=1S/C12H14ClF4N/c13-10-3-4-11(14)9(7-10)8-18-6-2-1-5-12(15,16)17/h3-4,7,18H,1-2,5-6,8H2. The number of unbranched alkanes of at least 4 members (excludes halogenated alkanes) is 1. The summed E-state index contributed by atoms with van der Waals surface area (Å²) in [7, 11) is 0. The Bertz CT molecular complexity index is 379. The highest BCUT2D eigenvalue weighted by molar-refractivity contribution is 6.30. The summed E-state index contributed by atoms with van der Waals surface area (Å²) in [5.41, 5.74) is 0.415. The SMILES string of the molecule is Fc1ccc(Cl)cc1CNCCCCC(F)(F)F. The van der Waals surface area contributed by atoms with Gasteiger partial charge in [0.2, 0.25) is 0 Å². The maximum atomic E-state index is 13.3. The van der Waals surface area contributed by atoms with Gasteiger partial charge in [-0.15, -0.1) is 0 Å². The van der Waals surface area contributed by atoms with Crippen LogP contribution in [0.2, 0.25) is 5.02 Å². The Morgan fingerprint density at radius 1 is 1.17 bits per heavy atom. The van der Waals surface area contributed by atoms with Crippen LogP contribution in [0, 0.1) is 5.82 Å². The topological polar surface area (TPSA) is 12.0 Å². The molecule has 1 nitrogen and oxygen atoms in total. The maximum absolute atomic E-state index is 13.3. The number of alkyl halides is 3. The van der Waals surface area contributed by atoms with Crippen molar-refractivity contribution in [1.29, 1.82) is 0 Å². The van der Waals surface area contributed by atoms with E-state index >= 15 is 0 Å². The van der Waals surface area contributed by atoms with E-state index in [2.05, 4.69) is 5.32 Å². The number of hydrogen-bond donors (Lipinski definition) is 1. The molecule has 1 aromatic carbocycles. The Labute approximate surface area is 108 Å². The van der Waals surface area contributed by atoms with E-state index in [1.165, 1.54) is 18.2 Å². The van der Waals surface area contributed by atoms with E-state index in [1.54, 1.807) is 0 Å². The lowest BCUT2D eigenvalue weighted by Crippen LogP contribution is -2.16. The van der Waals surface area contributed by atoms with E-state index in [1.807, 2.05) is 0 Å². The van der Waals surface area contributed by atoms with Gasteiger partial charge in [-0.1, -0.05) is 11.6 Å². The van der Waals surface area contributed by atoms with Gasteiger partial charge in [0.1, 0.15) is 5.82 Å². The summed E-state index contributed by atoms with van der Waals surface area (Å²) in [6.07, 6.45) is -4.39. The number of benzene rings is 1. The third-order valence-electron chi connectivity index (χ3n) is 2.39. The summed E-state index contributed by atoms with van der Waals surface area (Å²) in [4.78, 5) is 0. The minimum atomic E-state index is -4.10. The summed E-state index contributed by atoms with van der Waals surface area (Å²) in [5, 5.41) is 3.33. The molecule has 1 aromatic rings. The zero-order valence-electron chi connectivity index (χ0n) is 9.66. The second-order valence-electron chi connectivity index (χ2n) is 3.98. The molecule has 0 radical (unpaired) electrons. The average molecular weight is 284 g/mol. The third-order valence-corrected chi connectivity index (χ3v) is 2.62. The zero-order chi connectivity index (χ0) is 13.6. The summed E-state index contributed by atoms with van der Waals surface area (Å²) in [5.74, 6) is -0.373. The molecule has 0 aliphatic rings. The Balaban J connectivity index is 2.20. The fourth-order valence-corrected chi connectivity index (χ4v) is 1.67. The predicted octanol–water partition coefficient (Wildman–Crippen LogP) is 4.30. The van der Waals surface area contributed by atoms with E-state index < -0.39 is 12.6 Å². The molecule has 0 saturated heterocycles. The molecule has 0 bridgehead atoms. The van der Waals surface area contributed by atoms with Gasteiger partial charge < -0.3 is 5.32 Å². The molecule has 0 heterocycles. The molecular weight excluding hydrogens is 270 g/mol. The van der Waals surface area contributed by atoms with Crippen LogP contribution >= 0.6 is 11.6 Å². The summed E-state index contributed by atoms with van der Waals surface area (Å²) >= 11 is 5.71. The smallest absolute Gasteiger partial charge is 0.313 e. The van der Waals surface area contributed by atoms with Crippen LogP contribution in [0.25, 0.3) is 0 Å². The van der Waals surface area contributed by atoms with Crippen LogP contribution in [0.5, 0.6) is 0 Å². The highest BCUT2D eigenvalue weighted by Gasteiger charge is 2.25. The Kier molecular flexibility index (Phi) is 5.88. The molecule has 0 amide bonds. The largest absolute Gasteiger partial charge is 0.389 e. The summed E-state index contributed by atoms with van der Waals surface area (Å²) in [6.45, 7) is 0.681. The van der Waals surface area contributed by atoms with Crippen LogP contribution in [-0.2, 0) is 6.54 Å². The Morgan fingerprint density at radius 2 is 1.89 bits per heavy atom. The lowest BCUT2D eigenvalue weighted by atomic mass is 10.2. The van der Waals surface area contributed by atoms with E-state index in [4.69, 9.17) is 11.6 Å². The van der Waals surface area contributed by atoms with Gasteiger partial charge in [0.25, 0.3) is 0 Å². The van der Waals surface area contributed by atoms with Gasteiger partial charge >= 0.3 is 6.18 Å². The molecule has 0 atom stereocenters. The monoisotopic (exact) mass is 283 g/mol. The van der Waals surface area contributed by atoms with Crippen molar-refractivity contribution in [2.45, 2.75) is 32.0 Å². The number of halogens is 5. The van der Waals surface area contributed by atoms with Crippen molar-refractivity contribution in [2.24, 2.45) is 0 Å². The molecule has 0 aromatic heterocycles. The van der Waals surface area contributed by atoms with Gasteiger partial charge in [-0.25, -0.2) is 4.39 Å². The molecule has 1 N–H and O–H groups in total. The van der Waals surface area contributed by atoms with Crippen molar-refractivity contribution in [2.75, 3.05) is 6.54 Å². The second kappa shape index (κ2) is 6.95. The number of rotatable bonds is 6. The maximum Gasteiger partial charge on any atom is 0.389 e. The molecule has 0 spiro atoms. The first-order valence-corrected chi connectivity index (χ1v) is 5.98. The lowest BCUT2D eigenvalue weighted by Gasteiger charge is -2.08. The molecule has 1 rings (SSSR count). The van der Waals surface area contributed by atoms with Crippen molar-refractivity contribution in [3.8, 4) is 0 Å². The molecule has 18 heavy (non-hydrogen) atoms. The molecule has 6 heteroatoms. The summed E-state index contributed by atoms with van der Waals surface area (Å²) in [6, 6.07) is 4.21. The predicted molar refractivity (Wildman–Crippen MR) is 63.0 cm³/mol. The van der Waals surface area contributed by atoms with Crippen molar-refractivity contribution >= 4 is 11.6 Å². The van der Waals surface area contributed by atoms with Gasteiger partial charge in [0, 0.05) is 23.6 Å². The minimum absolute atomic E-state index is 0.0779. The molecule has 0 fully saturated rings. The quantitative estimate of drug-likeness (QED) is 0.606. The van der Waals surface area contributed by atoms with Crippen LogP contribution in [0.3, 0.4) is 0 Å². The fraction of sp³-hybridized carbons (Fsp3) is 0.500. The highest BCUT2D eigenvalue weighted by atomic mass is 35.5. The van der Waals surface area contributed by atoms with Gasteiger partial charge in [0.15, 0.2) is 0 Å². The second-order valence-corrected chi connectivity index (χ2v) is 4.42. The summed E-state index contributed by atoms with van der Waals surface area (Å²) < 4.78 is 48.8. The molecule has 0 saturated carbocycles. The molecule has 102 valence electrons. The first kappa shape index (κ1) is 15.2. The van der Waals surface area contributed by atoms with Gasteiger partial charge in [-0.3, -0.25) is 0 Å². The molecule has 0 unspecified atom stereocenters. The van der Waals surface area contributed by atoms with E-state index in [0.29, 0.717) is 23.6 Å². The van der Waals surface area contributed by atoms with Crippen LogP contribution in [0.15, 0.2) is 18.2 Å². The fourth-order valence-electron chi connectivity index (χ4n) is 1.48. The van der Waals surface area contributed by atoms with Crippen molar-refractivity contribution in [1.82, 2.24) is 5.32 Å². The Hall–Kier alpha value is -0.810. The molecule has 0 aliphatic carbocycles. The van der Waals surface area contributed by atoms with E-state index in [0.717, 1.165) is 0 Å². The van der Waals surface area contributed by atoms with Crippen LogP contribution < -0.4 is 5.32 Å². The molecular formula is C12H14ClF4N. The Morgan fingerprint density at radius 3 is 2.56 bits per heavy atom. The van der Waals surface area contributed by atoms with Gasteiger partial charge in [-0.2, -0.15) is 13.2 Å². The van der Waals surface area contributed by atoms with Crippen molar-refractivity contribution in [3.63, 3.8) is 0 Å². The van der Waals surface area contributed by atoms with Crippen molar-refractivity contribution < 1.29 is 17.6 Å². The van der Waals surface area contributed by atoms with Crippen LogP contribution in [-0.4, -0.2) is 12.7 Å². The van der Waals surface area contributed by atoms with Gasteiger partial charge in [0.05, 0.1) is 0 Å². The van der Waals surface area contributed by atoms with Crippen LogP contribution in [0.1, 0.15) is 24.8 Å². The number of hydrogen-bond acceptors (Lipinski definition) is 1.